The molecule has 1 unspecified atom stereocenters. The molecule has 212 valence electrons. The van der Waals surface area contributed by atoms with Gasteiger partial charge < -0.3 is 14.4 Å². The maximum absolute atomic E-state index is 13.7. The van der Waals surface area contributed by atoms with Gasteiger partial charge in [-0.2, -0.15) is 4.31 Å². The number of carbonyl (C=O) groups is 1. The molecule has 2 aromatic carbocycles. The van der Waals surface area contributed by atoms with Crippen LogP contribution in [-0.2, 0) is 10.0 Å². The average Bonchev–Trinajstić information content (AvgIpc) is 3.55. The number of nitrogens with zero attached hydrogens (tertiary/aromatic N) is 4. The fraction of sp³-hybridized carbons (Fsp3) is 0.481. The summed E-state index contributed by atoms with van der Waals surface area (Å²) < 4.78 is 40.3. The lowest BCUT2D eigenvalue weighted by molar-refractivity contribution is 0.0986. The molecule has 2 aliphatic rings. The molecule has 3 aromatic rings. The first-order valence-corrected chi connectivity index (χ1v) is 15.3. The molecule has 9 nitrogen and oxygen atoms in total. The maximum atomic E-state index is 13.7. The predicted octanol–water partition coefficient (Wildman–Crippen LogP) is 5.00. The third-order valence-corrected chi connectivity index (χ3v) is 10.1. The first-order valence-electron chi connectivity index (χ1n) is 13.1. The lowest BCUT2D eigenvalue weighted by atomic mass is 10.0. The summed E-state index contributed by atoms with van der Waals surface area (Å²) in [4.78, 5) is 22.5. The summed E-state index contributed by atoms with van der Waals surface area (Å²) in [6, 6.07) is 10.1. The van der Waals surface area contributed by atoms with Crippen molar-refractivity contribution in [1.82, 2.24) is 14.2 Å². The molecule has 0 radical (unpaired) electrons. The Morgan fingerprint density at radius 1 is 1.10 bits per heavy atom. The fourth-order valence-electron chi connectivity index (χ4n) is 5.01. The number of sulfonamides is 1. The molecule has 39 heavy (non-hydrogen) atoms. The van der Waals surface area contributed by atoms with Crippen molar-refractivity contribution < 1.29 is 22.7 Å². The lowest BCUT2D eigenvalue weighted by Gasteiger charge is -2.34. The summed E-state index contributed by atoms with van der Waals surface area (Å²) in [5.41, 5.74) is 1.17. The topological polar surface area (TPSA) is 92.3 Å². The van der Waals surface area contributed by atoms with Crippen molar-refractivity contribution in [3.63, 3.8) is 0 Å². The SMILES string of the molecule is CCC1CCCCN1S(=O)(=O)c1ccc(C(=O)N(CCCN(C)C)c2nc3cc4c(cc3s2)OCO4)cc1.Cl. The van der Waals surface area contributed by atoms with Gasteiger partial charge in [0.15, 0.2) is 16.6 Å². The van der Waals surface area contributed by atoms with Crippen LogP contribution < -0.4 is 14.4 Å². The highest BCUT2D eigenvalue weighted by Crippen LogP contribution is 2.40. The van der Waals surface area contributed by atoms with Crippen LogP contribution in [0, 0.1) is 0 Å². The molecule has 0 aliphatic carbocycles. The summed E-state index contributed by atoms with van der Waals surface area (Å²) >= 11 is 1.42. The number of benzene rings is 2. The van der Waals surface area contributed by atoms with E-state index in [1.165, 1.54) is 11.3 Å². The lowest BCUT2D eigenvalue weighted by Crippen LogP contribution is -2.43. The van der Waals surface area contributed by atoms with Crippen LogP contribution in [0.5, 0.6) is 11.5 Å². The highest BCUT2D eigenvalue weighted by molar-refractivity contribution is 7.89. The van der Waals surface area contributed by atoms with Crippen LogP contribution in [0.25, 0.3) is 10.2 Å². The smallest absolute Gasteiger partial charge is 0.260 e. The molecular formula is C27H35ClN4O5S2. The number of thiazole rings is 1. The van der Waals surface area contributed by atoms with Gasteiger partial charge in [-0.3, -0.25) is 9.69 Å². The minimum absolute atomic E-state index is 0. The largest absolute Gasteiger partial charge is 0.454 e. The molecule has 1 saturated heterocycles. The number of halogens is 1. The Balaban J connectivity index is 0.00000353. The zero-order valence-electron chi connectivity index (χ0n) is 22.5. The van der Waals surface area contributed by atoms with Crippen LogP contribution in [0.3, 0.4) is 0 Å². The van der Waals surface area contributed by atoms with Crippen LogP contribution in [0.4, 0.5) is 5.13 Å². The van der Waals surface area contributed by atoms with Gasteiger partial charge in [-0.05, 0) is 70.6 Å². The Labute approximate surface area is 240 Å². The van der Waals surface area contributed by atoms with E-state index in [4.69, 9.17) is 14.5 Å². The number of rotatable bonds is 9. The molecule has 2 aliphatic heterocycles. The Kier molecular flexibility index (Phi) is 9.38. The summed E-state index contributed by atoms with van der Waals surface area (Å²) in [5.74, 6) is 1.11. The molecule has 0 spiro atoms. The summed E-state index contributed by atoms with van der Waals surface area (Å²) in [7, 11) is 0.377. The number of piperidine rings is 1. The highest BCUT2D eigenvalue weighted by atomic mass is 35.5. The minimum Gasteiger partial charge on any atom is -0.454 e. The number of carbonyl (C=O) groups excluding carboxylic acids is 1. The van der Waals surface area contributed by atoms with E-state index in [1.54, 1.807) is 33.5 Å². The first kappa shape index (κ1) is 29.5. The molecular weight excluding hydrogens is 560 g/mol. The van der Waals surface area contributed by atoms with Crippen molar-refractivity contribution in [1.29, 1.82) is 0 Å². The van der Waals surface area contributed by atoms with Crippen LogP contribution in [0.2, 0.25) is 0 Å². The van der Waals surface area contributed by atoms with Gasteiger partial charge in [-0.15, -0.1) is 12.4 Å². The standard InChI is InChI=1S/C27H34N4O5S2.ClH/c1-4-20-8-5-6-15-31(20)38(33,34)21-11-9-19(10-12-21)26(32)30(14-7-13-29(2)3)27-28-22-16-23-24(36-18-35-23)17-25(22)37-27;/h9-12,16-17,20H,4-8,13-15,18H2,1-3H3;1H. The van der Waals surface area contributed by atoms with Crippen LogP contribution >= 0.6 is 23.7 Å². The van der Waals surface area contributed by atoms with Crippen molar-refractivity contribution >= 4 is 55.0 Å². The normalized spacial score (nSPS) is 17.4. The maximum Gasteiger partial charge on any atom is 0.260 e. The van der Waals surface area contributed by atoms with Crippen molar-refractivity contribution in [3.8, 4) is 11.5 Å². The second-order valence-corrected chi connectivity index (χ2v) is 12.9. The number of fused-ring (bicyclic) bond motifs is 2. The number of hydrogen-bond acceptors (Lipinski definition) is 8. The molecule has 0 bridgehead atoms. The number of hydrogen-bond donors (Lipinski definition) is 0. The van der Waals surface area contributed by atoms with Crippen molar-refractivity contribution in [2.24, 2.45) is 0 Å². The average molecular weight is 595 g/mol. The molecule has 12 heteroatoms. The van der Waals surface area contributed by atoms with Gasteiger partial charge in [0.25, 0.3) is 5.91 Å². The number of aromatic nitrogens is 1. The third kappa shape index (κ3) is 6.17. The summed E-state index contributed by atoms with van der Waals surface area (Å²) in [6.45, 7) is 4.06. The zero-order valence-corrected chi connectivity index (χ0v) is 24.9. The van der Waals surface area contributed by atoms with E-state index in [-0.39, 0.29) is 36.0 Å². The van der Waals surface area contributed by atoms with Crippen LogP contribution in [-0.4, -0.2) is 75.1 Å². The number of ether oxygens (including phenoxy) is 2. The fourth-order valence-corrected chi connectivity index (χ4v) is 7.78. The van der Waals surface area contributed by atoms with E-state index in [0.717, 1.165) is 48.9 Å². The van der Waals surface area contributed by atoms with Gasteiger partial charge in [0, 0.05) is 36.8 Å². The highest BCUT2D eigenvalue weighted by Gasteiger charge is 2.33. The van der Waals surface area contributed by atoms with Gasteiger partial charge in [-0.1, -0.05) is 24.7 Å². The van der Waals surface area contributed by atoms with Gasteiger partial charge in [0.05, 0.1) is 15.1 Å². The molecule has 1 atom stereocenters. The van der Waals surface area contributed by atoms with Crippen LogP contribution in [0.1, 0.15) is 49.4 Å². The summed E-state index contributed by atoms with van der Waals surface area (Å²) in [6.07, 6.45) is 4.36. The van der Waals surface area contributed by atoms with Crippen molar-refractivity contribution in [2.75, 3.05) is 45.4 Å². The van der Waals surface area contributed by atoms with E-state index >= 15 is 0 Å². The van der Waals surface area contributed by atoms with Gasteiger partial charge >= 0.3 is 0 Å². The van der Waals surface area contributed by atoms with E-state index in [0.29, 0.717) is 35.3 Å². The van der Waals surface area contributed by atoms with Crippen LogP contribution in [0.15, 0.2) is 41.3 Å². The first-order chi connectivity index (χ1) is 18.3. The zero-order chi connectivity index (χ0) is 26.9. The number of amides is 1. The number of anilines is 1. The quantitative estimate of drug-likeness (QED) is 0.344. The molecule has 5 rings (SSSR count). The molecule has 1 fully saturated rings. The Morgan fingerprint density at radius 3 is 2.51 bits per heavy atom. The van der Waals surface area contributed by atoms with Gasteiger partial charge in [0.1, 0.15) is 0 Å². The van der Waals surface area contributed by atoms with Crippen molar-refractivity contribution in [2.45, 2.75) is 50.0 Å². The van der Waals surface area contributed by atoms with E-state index in [2.05, 4.69) is 4.90 Å². The van der Waals surface area contributed by atoms with E-state index in [9.17, 15) is 13.2 Å². The van der Waals surface area contributed by atoms with Gasteiger partial charge in [0.2, 0.25) is 16.8 Å². The Bertz CT molecular complexity index is 1370. The van der Waals surface area contributed by atoms with E-state index < -0.39 is 10.0 Å². The second-order valence-electron chi connectivity index (χ2n) is 9.98. The monoisotopic (exact) mass is 594 g/mol. The third-order valence-electron chi connectivity index (χ3n) is 7.09. The Morgan fingerprint density at radius 2 is 1.82 bits per heavy atom. The van der Waals surface area contributed by atoms with E-state index in [1.807, 2.05) is 33.2 Å². The second kappa shape index (κ2) is 12.4. The predicted molar refractivity (Wildman–Crippen MR) is 156 cm³/mol. The van der Waals surface area contributed by atoms with Crippen molar-refractivity contribution in [3.05, 3.63) is 42.0 Å². The molecule has 3 heterocycles. The molecule has 1 aromatic heterocycles. The summed E-state index contributed by atoms with van der Waals surface area (Å²) in [5, 5.41) is 0.586. The minimum atomic E-state index is -3.62. The molecule has 0 saturated carbocycles. The Hall–Kier alpha value is -2.44. The molecule has 0 N–H and O–H groups in total. The van der Waals surface area contributed by atoms with Gasteiger partial charge in [-0.25, -0.2) is 13.4 Å². The molecule has 1 amide bonds.